The molecule has 1 aromatic rings. The lowest BCUT2D eigenvalue weighted by atomic mass is 9.71. The standard InChI is InChI=1S/C13H14ClN/c1-13-8-3-2-7-11(13)15-12-9(13)5-4-6-10(12)14/h4-6H,2-3,7-8H2,1H3. The molecule has 2 heteroatoms. The summed E-state index contributed by atoms with van der Waals surface area (Å²) >= 11 is 6.19. The predicted octanol–water partition coefficient (Wildman–Crippen LogP) is 4.26. The summed E-state index contributed by atoms with van der Waals surface area (Å²) in [5.41, 5.74) is 3.89. The number of halogens is 1. The van der Waals surface area contributed by atoms with Crippen molar-refractivity contribution >= 4 is 23.0 Å². The van der Waals surface area contributed by atoms with Gasteiger partial charge in [-0.25, -0.2) is 0 Å². The second-order valence-corrected chi connectivity index (χ2v) is 5.14. The van der Waals surface area contributed by atoms with E-state index in [-0.39, 0.29) is 5.41 Å². The Labute approximate surface area is 95.2 Å². The van der Waals surface area contributed by atoms with E-state index in [1.165, 1.54) is 30.5 Å². The molecular weight excluding hydrogens is 206 g/mol. The lowest BCUT2D eigenvalue weighted by Crippen LogP contribution is -2.32. The van der Waals surface area contributed by atoms with Crippen LogP contribution >= 0.6 is 11.6 Å². The Morgan fingerprint density at radius 2 is 2.20 bits per heavy atom. The van der Waals surface area contributed by atoms with Crippen LogP contribution in [0.1, 0.15) is 38.2 Å². The van der Waals surface area contributed by atoms with Gasteiger partial charge >= 0.3 is 0 Å². The van der Waals surface area contributed by atoms with E-state index in [1.807, 2.05) is 12.1 Å². The summed E-state index contributed by atoms with van der Waals surface area (Å²) in [5, 5.41) is 0.802. The molecule has 0 amide bonds. The van der Waals surface area contributed by atoms with Gasteiger partial charge in [0.25, 0.3) is 0 Å². The highest BCUT2D eigenvalue weighted by Gasteiger charge is 2.40. The first kappa shape index (κ1) is 9.41. The molecular formula is C13H14ClN. The average Bonchev–Trinajstić information content (AvgIpc) is 2.53. The van der Waals surface area contributed by atoms with Crippen LogP contribution in [0.15, 0.2) is 23.2 Å². The van der Waals surface area contributed by atoms with Crippen molar-refractivity contribution in [1.29, 1.82) is 0 Å². The Bertz CT molecular complexity index is 450. The van der Waals surface area contributed by atoms with E-state index in [4.69, 9.17) is 16.6 Å². The topological polar surface area (TPSA) is 12.4 Å². The minimum atomic E-state index is 0.179. The molecule has 2 aliphatic rings. The third-order valence-corrected chi connectivity index (χ3v) is 4.11. The molecule has 1 aliphatic carbocycles. The smallest absolute Gasteiger partial charge is 0.0856 e. The molecule has 1 heterocycles. The highest BCUT2D eigenvalue weighted by molar-refractivity contribution is 6.33. The van der Waals surface area contributed by atoms with Crippen molar-refractivity contribution in [1.82, 2.24) is 0 Å². The van der Waals surface area contributed by atoms with Gasteiger partial charge in [0.2, 0.25) is 0 Å². The fraction of sp³-hybridized carbons (Fsp3) is 0.462. The van der Waals surface area contributed by atoms with Gasteiger partial charge in [-0.05, 0) is 30.9 Å². The van der Waals surface area contributed by atoms with Gasteiger partial charge < -0.3 is 0 Å². The number of hydrogen-bond donors (Lipinski definition) is 0. The monoisotopic (exact) mass is 219 g/mol. The molecule has 0 spiro atoms. The second kappa shape index (κ2) is 3.08. The molecule has 1 aliphatic heterocycles. The zero-order valence-electron chi connectivity index (χ0n) is 8.89. The molecule has 1 unspecified atom stereocenters. The maximum absolute atomic E-state index is 6.19. The van der Waals surface area contributed by atoms with Crippen molar-refractivity contribution in [3.8, 4) is 0 Å². The van der Waals surface area contributed by atoms with Gasteiger partial charge in [-0.1, -0.05) is 37.1 Å². The van der Waals surface area contributed by atoms with Crippen LogP contribution in [0.2, 0.25) is 5.02 Å². The van der Waals surface area contributed by atoms with E-state index in [0.29, 0.717) is 0 Å². The molecule has 1 atom stereocenters. The Morgan fingerprint density at radius 1 is 1.33 bits per heavy atom. The van der Waals surface area contributed by atoms with E-state index >= 15 is 0 Å². The Hall–Kier alpha value is -0.820. The number of hydrogen-bond acceptors (Lipinski definition) is 1. The van der Waals surface area contributed by atoms with Gasteiger partial charge in [0.15, 0.2) is 0 Å². The highest BCUT2D eigenvalue weighted by atomic mass is 35.5. The van der Waals surface area contributed by atoms with Gasteiger partial charge in [0.1, 0.15) is 0 Å². The van der Waals surface area contributed by atoms with Crippen molar-refractivity contribution in [2.24, 2.45) is 4.99 Å². The van der Waals surface area contributed by atoms with Gasteiger partial charge in [-0.2, -0.15) is 0 Å². The van der Waals surface area contributed by atoms with E-state index in [1.54, 1.807) is 0 Å². The van der Waals surface area contributed by atoms with Crippen molar-refractivity contribution in [3.05, 3.63) is 28.8 Å². The number of para-hydroxylation sites is 1. The van der Waals surface area contributed by atoms with Gasteiger partial charge in [0, 0.05) is 11.1 Å². The first-order chi connectivity index (χ1) is 7.22. The number of fused-ring (bicyclic) bond motifs is 3. The van der Waals surface area contributed by atoms with Crippen LogP contribution < -0.4 is 0 Å². The van der Waals surface area contributed by atoms with E-state index in [9.17, 15) is 0 Å². The molecule has 0 saturated heterocycles. The van der Waals surface area contributed by atoms with Crippen molar-refractivity contribution in [2.75, 3.05) is 0 Å². The molecule has 1 nitrogen and oxygen atoms in total. The zero-order chi connectivity index (χ0) is 10.5. The quantitative estimate of drug-likeness (QED) is 0.618. The Morgan fingerprint density at radius 3 is 3.07 bits per heavy atom. The molecule has 0 bridgehead atoms. The van der Waals surface area contributed by atoms with Gasteiger partial charge in [-0.15, -0.1) is 0 Å². The van der Waals surface area contributed by atoms with Crippen LogP contribution in [0.5, 0.6) is 0 Å². The van der Waals surface area contributed by atoms with Crippen LogP contribution in [-0.2, 0) is 5.41 Å². The van der Waals surface area contributed by atoms with Crippen molar-refractivity contribution in [3.63, 3.8) is 0 Å². The second-order valence-electron chi connectivity index (χ2n) is 4.73. The Kier molecular flexibility index (Phi) is 1.93. The summed E-state index contributed by atoms with van der Waals surface area (Å²) in [6, 6.07) is 6.16. The maximum Gasteiger partial charge on any atom is 0.0856 e. The SMILES string of the molecule is CC12CCCCC1=Nc1c(Cl)cccc12. The van der Waals surface area contributed by atoms with Crippen LogP contribution in [-0.4, -0.2) is 5.71 Å². The summed E-state index contributed by atoms with van der Waals surface area (Å²) in [5.74, 6) is 0. The van der Waals surface area contributed by atoms with Crippen LogP contribution in [0.3, 0.4) is 0 Å². The summed E-state index contributed by atoms with van der Waals surface area (Å²) < 4.78 is 0. The third kappa shape index (κ3) is 1.19. The molecule has 0 radical (unpaired) electrons. The van der Waals surface area contributed by atoms with Crippen LogP contribution in [0.25, 0.3) is 0 Å². The number of aliphatic imine (C=N–C) groups is 1. The van der Waals surface area contributed by atoms with Crippen molar-refractivity contribution in [2.45, 2.75) is 38.0 Å². The largest absolute Gasteiger partial charge is 0.255 e. The van der Waals surface area contributed by atoms with Gasteiger partial charge in [0.05, 0.1) is 10.7 Å². The molecule has 3 rings (SSSR count). The predicted molar refractivity (Wildman–Crippen MR) is 64.4 cm³/mol. The summed E-state index contributed by atoms with van der Waals surface area (Å²) in [4.78, 5) is 4.73. The zero-order valence-corrected chi connectivity index (χ0v) is 9.64. The molecule has 1 fully saturated rings. The summed E-state index contributed by atoms with van der Waals surface area (Å²) in [6.07, 6.45) is 4.95. The fourth-order valence-corrected chi connectivity index (χ4v) is 3.09. The van der Waals surface area contributed by atoms with E-state index < -0.39 is 0 Å². The average molecular weight is 220 g/mol. The third-order valence-electron chi connectivity index (χ3n) is 3.81. The highest BCUT2D eigenvalue weighted by Crippen LogP contribution is 2.49. The lowest BCUT2D eigenvalue weighted by Gasteiger charge is -2.31. The number of nitrogens with zero attached hydrogens (tertiary/aromatic N) is 1. The fourth-order valence-electron chi connectivity index (χ4n) is 2.87. The number of benzene rings is 1. The maximum atomic E-state index is 6.19. The summed E-state index contributed by atoms with van der Waals surface area (Å²) in [6.45, 7) is 2.31. The van der Waals surface area contributed by atoms with Crippen LogP contribution in [0.4, 0.5) is 5.69 Å². The minimum Gasteiger partial charge on any atom is -0.255 e. The van der Waals surface area contributed by atoms with Crippen molar-refractivity contribution < 1.29 is 0 Å². The molecule has 0 N–H and O–H groups in total. The van der Waals surface area contributed by atoms with Gasteiger partial charge in [-0.3, -0.25) is 4.99 Å². The van der Waals surface area contributed by atoms with Crippen LogP contribution in [0, 0.1) is 0 Å². The molecule has 1 aromatic carbocycles. The first-order valence-corrected chi connectivity index (χ1v) is 5.97. The summed E-state index contributed by atoms with van der Waals surface area (Å²) in [7, 11) is 0. The number of rotatable bonds is 0. The van der Waals surface area contributed by atoms with E-state index in [0.717, 1.165) is 17.1 Å². The normalized spacial score (nSPS) is 28.3. The molecule has 0 aromatic heterocycles. The molecule has 78 valence electrons. The van der Waals surface area contributed by atoms with E-state index in [2.05, 4.69) is 13.0 Å². The Balaban J connectivity index is 2.22. The molecule has 1 saturated carbocycles. The molecule has 15 heavy (non-hydrogen) atoms. The first-order valence-electron chi connectivity index (χ1n) is 5.59. The lowest BCUT2D eigenvalue weighted by molar-refractivity contribution is 0.498. The minimum absolute atomic E-state index is 0.179.